The number of thiophene rings is 1. The quantitative estimate of drug-likeness (QED) is 0.865. The molecule has 0 bridgehead atoms. The fourth-order valence-electron chi connectivity index (χ4n) is 3.30. The first kappa shape index (κ1) is 17.5. The Labute approximate surface area is 145 Å². The number of aliphatic hydroxyl groups is 1. The lowest BCUT2D eigenvalue weighted by atomic mass is 10.1. The van der Waals surface area contributed by atoms with Gasteiger partial charge in [-0.2, -0.15) is 0 Å². The molecule has 3 nitrogen and oxygen atoms in total. The molecule has 1 aliphatic heterocycles. The van der Waals surface area contributed by atoms with Crippen molar-refractivity contribution in [2.75, 3.05) is 26.2 Å². The van der Waals surface area contributed by atoms with Gasteiger partial charge in [-0.05, 0) is 35.6 Å². The molecule has 1 saturated heterocycles. The van der Waals surface area contributed by atoms with Gasteiger partial charge in [0.25, 0.3) is 0 Å². The third kappa shape index (κ3) is 4.60. The summed E-state index contributed by atoms with van der Waals surface area (Å²) in [6, 6.07) is 8.11. The lowest BCUT2D eigenvalue weighted by Crippen LogP contribution is -2.52. The van der Waals surface area contributed by atoms with E-state index in [0.717, 1.165) is 32.2 Å². The topological polar surface area (TPSA) is 26.7 Å². The van der Waals surface area contributed by atoms with E-state index >= 15 is 0 Å². The minimum absolute atomic E-state index is 0.147. The van der Waals surface area contributed by atoms with Crippen molar-refractivity contribution < 1.29 is 13.9 Å². The van der Waals surface area contributed by atoms with Gasteiger partial charge in [-0.3, -0.25) is 9.80 Å². The van der Waals surface area contributed by atoms with Crippen LogP contribution in [-0.2, 0) is 13.1 Å². The van der Waals surface area contributed by atoms with Crippen LogP contribution in [0, 0.1) is 11.6 Å². The van der Waals surface area contributed by atoms with Gasteiger partial charge in [-0.1, -0.05) is 6.07 Å². The summed E-state index contributed by atoms with van der Waals surface area (Å²) >= 11 is 1.74. The smallest absolute Gasteiger partial charge is 0.126 e. The first-order valence-electron chi connectivity index (χ1n) is 8.18. The molecule has 1 aromatic heterocycles. The first-order chi connectivity index (χ1) is 11.6. The minimum atomic E-state index is -0.534. The Morgan fingerprint density at radius 2 is 1.92 bits per heavy atom. The molecule has 1 N–H and O–H groups in total. The predicted octanol–water partition coefficient (Wildman–Crippen LogP) is 3.10. The van der Waals surface area contributed by atoms with Crippen LogP contribution in [0.4, 0.5) is 8.78 Å². The zero-order valence-corrected chi connectivity index (χ0v) is 14.3. The molecule has 1 aromatic carbocycles. The van der Waals surface area contributed by atoms with Crippen molar-refractivity contribution in [1.29, 1.82) is 0 Å². The van der Waals surface area contributed by atoms with Gasteiger partial charge in [0, 0.05) is 56.3 Å². The van der Waals surface area contributed by atoms with Gasteiger partial charge in [0.15, 0.2) is 0 Å². The summed E-state index contributed by atoms with van der Waals surface area (Å²) in [4.78, 5) is 5.92. The third-order valence-corrected chi connectivity index (χ3v) is 5.28. The maximum absolute atomic E-state index is 13.4. The highest BCUT2D eigenvalue weighted by Gasteiger charge is 2.27. The maximum atomic E-state index is 13.4. The molecule has 0 aliphatic carbocycles. The molecule has 130 valence electrons. The fourth-order valence-corrected chi connectivity index (χ4v) is 4.02. The van der Waals surface area contributed by atoms with Gasteiger partial charge in [-0.15, -0.1) is 11.3 Å². The summed E-state index contributed by atoms with van der Waals surface area (Å²) in [6.45, 7) is 4.11. The Balaban J connectivity index is 1.63. The Hall–Kier alpha value is -1.34. The second-order valence-corrected chi connectivity index (χ2v) is 7.26. The number of aliphatic hydroxyl groups excluding tert-OH is 1. The van der Waals surface area contributed by atoms with Crippen molar-refractivity contribution in [3.63, 3.8) is 0 Å². The van der Waals surface area contributed by atoms with E-state index in [-0.39, 0.29) is 12.6 Å². The van der Waals surface area contributed by atoms with Gasteiger partial charge in [0.1, 0.15) is 11.6 Å². The van der Waals surface area contributed by atoms with E-state index in [4.69, 9.17) is 0 Å². The average molecular weight is 352 g/mol. The van der Waals surface area contributed by atoms with Gasteiger partial charge in [0.2, 0.25) is 0 Å². The van der Waals surface area contributed by atoms with Crippen molar-refractivity contribution in [2.24, 2.45) is 0 Å². The Morgan fingerprint density at radius 1 is 1.12 bits per heavy atom. The summed E-state index contributed by atoms with van der Waals surface area (Å²) in [5.41, 5.74) is 0.655. The van der Waals surface area contributed by atoms with Crippen LogP contribution in [0.15, 0.2) is 35.7 Å². The molecule has 2 aromatic rings. The van der Waals surface area contributed by atoms with Crippen LogP contribution in [0.5, 0.6) is 0 Å². The second kappa shape index (κ2) is 8.16. The summed E-state index contributed by atoms with van der Waals surface area (Å²) < 4.78 is 26.7. The van der Waals surface area contributed by atoms with Crippen molar-refractivity contribution in [3.05, 3.63) is 57.8 Å². The van der Waals surface area contributed by atoms with E-state index in [2.05, 4.69) is 27.3 Å². The fraction of sp³-hybridized carbons (Fsp3) is 0.444. The zero-order valence-electron chi connectivity index (χ0n) is 13.5. The van der Waals surface area contributed by atoms with Crippen LogP contribution in [0.2, 0.25) is 0 Å². The Bertz CT molecular complexity index is 630. The van der Waals surface area contributed by atoms with E-state index in [9.17, 15) is 13.9 Å². The largest absolute Gasteiger partial charge is 0.396 e. The number of hydrogen-bond acceptors (Lipinski definition) is 4. The summed E-state index contributed by atoms with van der Waals surface area (Å²) in [5, 5.41) is 11.4. The van der Waals surface area contributed by atoms with Crippen LogP contribution in [0.25, 0.3) is 0 Å². The van der Waals surface area contributed by atoms with E-state index in [1.165, 1.54) is 17.0 Å². The highest BCUT2D eigenvalue weighted by Crippen LogP contribution is 2.20. The van der Waals surface area contributed by atoms with E-state index in [1.54, 1.807) is 11.3 Å². The van der Waals surface area contributed by atoms with Crippen molar-refractivity contribution in [3.8, 4) is 0 Å². The molecule has 0 unspecified atom stereocenters. The molecule has 0 spiro atoms. The molecule has 1 atom stereocenters. The standard InChI is InChI=1S/C18H22F2N2OS/c19-15-8-14(9-16(20)10-15)11-21-4-5-22(17(12-21)3-6-23)13-18-2-1-7-24-18/h1-2,7-10,17,23H,3-6,11-13H2/t17-/m0/s1. The molecule has 2 heterocycles. The number of hydrogen-bond donors (Lipinski definition) is 1. The molecular weight excluding hydrogens is 330 g/mol. The molecule has 1 fully saturated rings. The maximum Gasteiger partial charge on any atom is 0.126 e. The van der Waals surface area contributed by atoms with Crippen LogP contribution in [0.1, 0.15) is 16.9 Å². The number of rotatable bonds is 6. The van der Waals surface area contributed by atoms with Crippen molar-refractivity contribution >= 4 is 11.3 Å². The van der Waals surface area contributed by atoms with E-state index in [1.807, 2.05) is 0 Å². The summed E-state index contributed by atoms with van der Waals surface area (Å²) in [7, 11) is 0. The minimum Gasteiger partial charge on any atom is -0.396 e. The Kier molecular flexibility index (Phi) is 5.94. The van der Waals surface area contributed by atoms with Crippen LogP contribution in [0.3, 0.4) is 0 Å². The lowest BCUT2D eigenvalue weighted by molar-refractivity contribution is 0.0506. The molecule has 0 radical (unpaired) electrons. The summed E-state index contributed by atoms with van der Waals surface area (Å²) in [6.07, 6.45) is 0.708. The number of piperazine rings is 1. The monoisotopic (exact) mass is 352 g/mol. The number of halogens is 2. The van der Waals surface area contributed by atoms with Gasteiger partial charge in [-0.25, -0.2) is 8.78 Å². The third-order valence-electron chi connectivity index (χ3n) is 4.42. The van der Waals surface area contributed by atoms with Crippen molar-refractivity contribution in [1.82, 2.24) is 9.80 Å². The molecule has 0 amide bonds. The van der Waals surface area contributed by atoms with Gasteiger partial charge in [0.05, 0.1) is 0 Å². The average Bonchev–Trinajstić information content (AvgIpc) is 3.02. The van der Waals surface area contributed by atoms with Gasteiger partial charge >= 0.3 is 0 Å². The first-order valence-corrected chi connectivity index (χ1v) is 9.06. The molecular formula is C18H22F2N2OS. The van der Waals surface area contributed by atoms with Crippen LogP contribution >= 0.6 is 11.3 Å². The lowest BCUT2D eigenvalue weighted by Gasteiger charge is -2.41. The predicted molar refractivity (Wildman–Crippen MR) is 91.9 cm³/mol. The highest BCUT2D eigenvalue weighted by atomic mass is 32.1. The zero-order chi connectivity index (χ0) is 16.9. The molecule has 1 aliphatic rings. The molecule has 3 rings (SSSR count). The van der Waals surface area contributed by atoms with E-state index in [0.29, 0.717) is 18.5 Å². The number of nitrogens with zero attached hydrogens (tertiary/aromatic N) is 2. The molecule has 0 saturated carbocycles. The normalized spacial score (nSPS) is 19.7. The van der Waals surface area contributed by atoms with Crippen LogP contribution < -0.4 is 0 Å². The SMILES string of the molecule is OCC[C@H]1CN(Cc2cc(F)cc(F)c2)CCN1Cc1cccs1. The van der Waals surface area contributed by atoms with E-state index < -0.39 is 11.6 Å². The highest BCUT2D eigenvalue weighted by molar-refractivity contribution is 7.09. The summed E-state index contributed by atoms with van der Waals surface area (Å²) in [5.74, 6) is -1.07. The van der Waals surface area contributed by atoms with Crippen LogP contribution in [-0.4, -0.2) is 47.2 Å². The molecule has 6 heteroatoms. The second-order valence-electron chi connectivity index (χ2n) is 6.23. The molecule has 24 heavy (non-hydrogen) atoms. The Morgan fingerprint density at radius 3 is 2.58 bits per heavy atom. The number of benzene rings is 1. The van der Waals surface area contributed by atoms with Gasteiger partial charge < -0.3 is 5.11 Å². The van der Waals surface area contributed by atoms with Crippen molar-refractivity contribution in [2.45, 2.75) is 25.6 Å².